The fourth-order valence-electron chi connectivity index (χ4n) is 2.56. The van der Waals surface area contributed by atoms with Crippen LogP contribution in [0.15, 0.2) is 30.4 Å². The van der Waals surface area contributed by atoms with Gasteiger partial charge in [-0.2, -0.15) is 0 Å². The highest BCUT2D eigenvalue weighted by Crippen LogP contribution is 2.29. The number of anilines is 1. The maximum atomic E-state index is 12.1. The number of carboxylic acids is 1. The van der Waals surface area contributed by atoms with Crippen LogP contribution in [0, 0.1) is 5.92 Å². The molecule has 0 aliphatic carbocycles. The van der Waals surface area contributed by atoms with Crippen molar-refractivity contribution in [3.05, 3.63) is 40.8 Å². The van der Waals surface area contributed by atoms with Gasteiger partial charge >= 0.3 is 12.3 Å². The molecule has 3 N–H and O–H groups in total. The number of alkyl halides is 3. The first-order valence-electron chi connectivity index (χ1n) is 12.0. The highest BCUT2D eigenvalue weighted by molar-refractivity contribution is 7.16. The number of allylic oxidation sites excluding steroid dienone is 3. The lowest BCUT2D eigenvalue weighted by molar-refractivity contribution is -0.334. The third-order valence-electron chi connectivity index (χ3n) is 4.28. The average molecular weight is 539 g/mol. The number of ether oxygens (including phenoxy) is 1. The Kier molecular flexibility index (Phi) is 20.9. The number of hydrogen-bond donors (Lipinski definition) is 3. The zero-order valence-corrected chi connectivity index (χ0v) is 23.0. The minimum atomic E-state index is -4.53. The second kappa shape index (κ2) is 20.9. The van der Waals surface area contributed by atoms with Crippen LogP contribution in [0.2, 0.25) is 0 Å². The molecule has 2 atom stereocenters. The second-order valence-electron chi connectivity index (χ2n) is 7.07. The zero-order valence-electron chi connectivity index (χ0n) is 22.2. The Bertz CT molecular complexity index is 795. The van der Waals surface area contributed by atoms with Crippen molar-refractivity contribution in [1.29, 1.82) is 0 Å². The molecule has 1 rings (SSSR count). The van der Waals surface area contributed by atoms with Gasteiger partial charge in [-0.1, -0.05) is 45.9 Å². The van der Waals surface area contributed by atoms with Crippen LogP contribution in [-0.4, -0.2) is 49.0 Å². The summed E-state index contributed by atoms with van der Waals surface area (Å²) in [5.41, 5.74) is 3.45. The van der Waals surface area contributed by atoms with E-state index in [1.54, 1.807) is 19.9 Å². The maximum Gasteiger partial charge on any atom is 0.523 e. The van der Waals surface area contributed by atoms with Gasteiger partial charge in [0.2, 0.25) is 0 Å². The quantitative estimate of drug-likeness (QED) is 0.0804. The SMILES string of the molecule is C/C=C/C(=O)c1cc(CC)sc1NOCCNCC(CC)C(=O)O.C/C=C\C(C)OC(F)(F)F.CC. The number of nitrogens with one attached hydrogen (secondary N) is 2. The molecule has 2 unspecified atom stereocenters. The number of halogens is 3. The minimum absolute atomic E-state index is 0.0510. The zero-order chi connectivity index (χ0) is 28.1. The number of carbonyl (C=O) groups is 2. The summed E-state index contributed by atoms with van der Waals surface area (Å²) in [7, 11) is 0. The molecule has 0 aromatic carbocycles. The van der Waals surface area contributed by atoms with Crippen molar-refractivity contribution >= 4 is 28.1 Å². The summed E-state index contributed by atoms with van der Waals surface area (Å²) in [6.45, 7) is 14.0. The van der Waals surface area contributed by atoms with Gasteiger partial charge in [0.15, 0.2) is 5.78 Å². The van der Waals surface area contributed by atoms with E-state index in [0.717, 1.165) is 11.3 Å². The molecule has 1 heterocycles. The highest BCUT2D eigenvalue weighted by Gasteiger charge is 2.30. The number of aryl methyl sites for hydroxylation is 1. The summed E-state index contributed by atoms with van der Waals surface area (Å²) in [6, 6.07) is 1.88. The number of aliphatic carboxylic acids is 1. The molecule has 0 spiro atoms. The predicted octanol–water partition coefficient (Wildman–Crippen LogP) is 6.63. The normalized spacial score (nSPS) is 12.9. The molecule has 0 aliphatic rings. The summed E-state index contributed by atoms with van der Waals surface area (Å²) >= 11 is 1.50. The van der Waals surface area contributed by atoms with Crippen LogP contribution in [-0.2, 0) is 20.8 Å². The molecule has 0 saturated carbocycles. The third-order valence-corrected chi connectivity index (χ3v) is 5.45. The summed E-state index contributed by atoms with van der Waals surface area (Å²) in [4.78, 5) is 29.5. The molecule has 11 heteroatoms. The topological polar surface area (TPSA) is 96.9 Å². The average Bonchev–Trinajstić information content (AvgIpc) is 3.22. The molecule has 0 amide bonds. The molecule has 36 heavy (non-hydrogen) atoms. The maximum absolute atomic E-state index is 12.1. The van der Waals surface area contributed by atoms with E-state index in [1.807, 2.05) is 33.8 Å². The number of carboxylic acid groups (broad SMARTS) is 1. The van der Waals surface area contributed by atoms with Gasteiger partial charge in [-0.05, 0) is 45.8 Å². The lowest BCUT2D eigenvalue weighted by Gasteiger charge is -2.11. The van der Waals surface area contributed by atoms with E-state index in [4.69, 9.17) is 9.94 Å². The molecule has 1 aromatic heterocycles. The fraction of sp³-hybridized carbons (Fsp3) is 0.600. The largest absolute Gasteiger partial charge is 0.523 e. The van der Waals surface area contributed by atoms with Crippen LogP contribution < -0.4 is 10.8 Å². The molecule has 0 fully saturated rings. The standard InChI is InChI=1S/C17H26N2O4S.C6H9F3O.C2H6/c1-4-7-15(20)14-10-13(6-3)24-16(14)19-23-9-8-18-11-12(5-2)17(21)22;1-3-4-5(2)10-6(7,8)9;1-2/h4,7,10,12,18-19H,5-6,8-9,11H2,1-3H3,(H,21,22);3-5H,1-2H3;1-2H3/b7-4+;4-3-;. The highest BCUT2D eigenvalue weighted by atomic mass is 32.1. The molecule has 1 aromatic rings. The minimum Gasteiger partial charge on any atom is -0.481 e. The van der Waals surface area contributed by atoms with Crippen molar-refractivity contribution in [3.63, 3.8) is 0 Å². The van der Waals surface area contributed by atoms with Crippen LogP contribution in [0.5, 0.6) is 0 Å². The van der Waals surface area contributed by atoms with Crippen molar-refractivity contribution in [2.24, 2.45) is 5.92 Å². The van der Waals surface area contributed by atoms with Gasteiger partial charge in [0.25, 0.3) is 0 Å². The summed E-state index contributed by atoms with van der Waals surface area (Å²) in [5.74, 6) is -1.22. The van der Waals surface area contributed by atoms with E-state index in [2.05, 4.69) is 15.5 Å². The van der Waals surface area contributed by atoms with Crippen LogP contribution in [0.3, 0.4) is 0 Å². The Morgan fingerprint density at radius 1 is 1.19 bits per heavy atom. The first-order chi connectivity index (χ1) is 17.0. The number of thiophene rings is 1. The van der Waals surface area contributed by atoms with E-state index in [9.17, 15) is 22.8 Å². The number of ketones is 1. The van der Waals surface area contributed by atoms with Gasteiger partial charge in [-0.25, -0.2) is 0 Å². The molecular weight excluding hydrogens is 497 g/mol. The van der Waals surface area contributed by atoms with Crippen molar-refractivity contribution in [2.75, 3.05) is 25.2 Å². The van der Waals surface area contributed by atoms with Gasteiger partial charge in [0, 0.05) is 18.0 Å². The van der Waals surface area contributed by atoms with Gasteiger partial charge in [0.1, 0.15) is 5.00 Å². The molecule has 7 nitrogen and oxygen atoms in total. The molecule has 208 valence electrons. The van der Waals surface area contributed by atoms with E-state index in [-0.39, 0.29) is 11.7 Å². The smallest absolute Gasteiger partial charge is 0.481 e. The first-order valence-corrected chi connectivity index (χ1v) is 12.8. The van der Waals surface area contributed by atoms with E-state index < -0.39 is 18.4 Å². The van der Waals surface area contributed by atoms with Crippen molar-refractivity contribution in [3.8, 4) is 0 Å². The monoisotopic (exact) mass is 538 g/mol. The molecule has 0 aliphatic heterocycles. The predicted molar refractivity (Wildman–Crippen MR) is 139 cm³/mol. The Morgan fingerprint density at radius 3 is 2.31 bits per heavy atom. The molecule has 0 radical (unpaired) electrons. The van der Waals surface area contributed by atoms with Gasteiger partial charge in [0.05, 0.1) is 24.2 Å². The van der Waals surface area contributed by atoms with Gasteiger partial charge in [-0.15, -0.1) is 24.5 Å². The van der Waals surface area contributed by atoms with Crippen LogP contribution in [0.1, 0.15) is 70.1 Å². The second-order valence-corrected chi connectivity index (χ2v) is 8.20. The number of carbonyl (C=O) groups excluding carboxylic acids is 1. The van der Waals surface area contributed by atoms with E-state index in [1.165, 1.54) is 36.5 Å². The van der Waals surface area contributed by atoms with E-state index >= 15 is 0 Å². The Hall–Kier alpha value is -2.21. The van der Waals surface area contributed by atoms with Crippen LogP contribution in [0.25, 0.3) is 0 Å². The molecular formula is C25H41F3N2O5S. The van der Waals surface area contributed by atoms with Crippen LogP contribution >= 0.6 is 11.3 Å². The summed E-state index contributed by atoms with van der Waals surface area (Å²) in [6.07, 6.45) is 2.11. The summed E-state index contributed by atoms with van der Waals surface area (Å²) in [5, 5.41) is 12.7. The number of hydrogen-bond acceptors (Lipinski definition) is 7. The first kappa shape index (κ1) is 35.9. The van der Waals surface area contributed by atoms with Gasteiger partial charge < -0.3 is 10.4 Å². The van der Waals surface area contributed by atoms with Crippen molar-refractivity contribution < 1.29 is 37.4 Å². The Morgan fingerprint density at radius 2 is 1.83 bits per heavy atom. The summed E-state index contributed by atoms with van der Waals surface area (Å²) < 4.78 is 37.7. The lowest BCUT2D eigenvalue weighted by atomic mass is 10.1. The number of rotatable bonds is 14. The fourth-order valence-corrected chi connectivity index (χ4v) is 3.51. The third kappa shape index (κ3) is 17.3. The van der Waals surface area contributed by atoms with Crippen LogP contribution in [0.4, 0.5) is 18.2 Å². The Balaban J connectivity index is 0. The molecule has 0 bridgehead atoms. The van der Waals surface area contributed by atoms with Crippen molar-refractivity contribution in [2.45, 2.75) is 73.8 Å². The van der Waals surface area contributed by atoms with Gasteiger partial charge in [-0.3, -0.25) is 24.6 Å². The van der Waals surface area contributed by atoms with E-state index in [0.29, 0.717) is 36.7 Å². The molecule has 0 saturated heterocycles. The van der Waals surface area contributed by atoms with Crippen molar-refractivity contribution in [1.82, 2.24) is 5.32 Å². The lowest BCUT2D eigenvalue weighted by Crippen LogP contribution is -2.30. The Labute approximate surface area is 216 Å².